The summed E-state index contributed by atoms with van der Waals surface area (Å²) in [7, 11) is 0. The van der Waals surface area contributed by atoms with Crippen LogP contribution >= 0.6 is 0 Å². The van der Waals surface area contributed by atoms with Crippen LogP contribution < -0.4 is 0 Å². The van der Waals surface area contributed by atoms with Crippen molar-refractivity contribution in [1.82, 2.24) is 0 Å². The fourth-order valence-corrected chi connectivity index (χ4v) is 2.63. The maximum atomic E-state index is 5.63. The molecule has 14 heavy (non-hydrogen) atoms. The first kappa shape index (κ1) is 12.0. The molecule has 1 rings (SSSR count). The van der Waals surface area contributed by atoms with Gasteiger partial charge in [-0.2, -0.15) is 0 Å². The molecule has 0 spiro atoms. The third-order valence-corrected chi connectivity index (χ3v) is 3.58. The van der Waals surface area contributed by atoms with Gasteiger partial charge in [0, 0.05) is 6.61 Å². The molecule has 0 radical (unpaired) electrons. The van der Waals surface area contributed by atoms with Gasteiger partial charge in [-0.1, -0.05) is 41.5 Å². The van der Waals surface area contributed by atoms with Gasteiger partial charge in [-0.15, -0.1) is 0 Å². The van der Waals surface area contributed by atoms with Crippen LogP contribution in [-0.2, 0) is 4.74 Å². The fraction of sp³-hybridized carbons (Fsp3) is 1.00. The minimum atomic E-state index is 0.373. The lowest BCUT2D eigenvalue weighted by atomic mass is 9.63. The summed E-state index contributed by atoms with van der Waals surface area (Å²) < 4.78 is 5.63. The molecule has 84 valence electrons. The monoisotopic (exact) mass is 198 g/mol. The second-order valence-electron chi connectivity index (χ2n) is 6.81. The van der Waals surface area contributed by atoms with Crippen molar-refractivity contribution in [3.05, 3.63) is 0 Å². The molecule has 0 aromatic heterocycles. The van der Waals surface area contributed by atoms with Crippen molar-refractivity contribution in [2.24, 2.45) is 22.7 Å². The summed E-state index contributed by atoms with van der Waals surface area (Å²) in [5.41, 5.74) is 0.792. The molecule has 1 nitrogen and oxygen atoms in total. The largest absolute Gasteiger partial charge is 0.381 e. The van der Waals surface area contributed by atoms with Gasteiger partial charge in [0.1, 0.15) is 0 Å². The number of hydrogen-bond acceptors (Lipinski definition) is 1. The van der Waals surface area contributed by atoms with Gasteiger partial charge in [-0.05, 0) is 29.1 Å². The smallest absolute Gasteiger partial charge is 0.0502 e. The SMILES string of the molecule is CC(C)(C)C1CCOC[C@@H]1C(C)(C)C. The molecule has 0 N–H and O–H groups in total. The third-order valence-electron chi connectivity index (χ3n) is 3.58. The summed E-state index contributed by atoms with van der Waals surface area (Å²) in [4.78, 5) is 0. The zero-order valence-corrected chi connectivity index (χ0v) is 10.7. The molecule has 1 heteroatoms. The Kier molecular flexibility index (Phi) is 3.30. The van der Waals surface area contributed by atoms with E-state index < -0.39 is 0 Å². The van der Waals surface area contributed by atoms with Crippen molar-refractivity contribution in [3.63, 3.8) is 0 Å². The maximum absolute atomic E-state index is 5.63. The van der Waals surface area contributed by atoms with Crippen LogP contribution in [0.1, 0.15) is 48.0 Å². The zero-order valence-electron chi connectivity index (χ0n) is 10.7. The van der Waals surface area contributed by atoms with Gasteiger partial charge in [0.05, 0.1) is 6.61 Å². The number of hydrogen-bond donors (Lipinski definition) is 0. The van der Waals surface area contributed by atoms with Gasteiger partial charge >= 0.3 is 0 Å². The van der Waals surface area contributed by atoms with Crippen molar-refractivity contribution in [1.29, 1.82) is 0 Å². The summed E-state index contributed by atoms with van der Waals surface area (Å²) in [6, 6.07) is 0. The predicted molar refractivity (Wildman–Crippen MR) is 61.3 cm³/mol. The van der Waals surface area contributed by atoms with E-state index >= 15 is 0 Å². The molecule has 1 heterocycles. The first-order valence-corrected chi connectivity index (χ1v) is 5.80. The van der Waals surface area contributed by atoms with E-state index in [0.717, 1.165) is 19.1 Å². The lowest BCUT2D eigenvalue weighted by Crippen LogP contribution is -2.42. The van der Waals surface area contributed by atoms with E-state index in [1.54, 1.807) is 0 Å². The number of rotatable bonds is 0. The highest BCUT2D eigenvalue weighted by Gasteiger charge is 2.40. The predicted octanol–water partition coefficient (Wildman–Crippen LogP) is 3.73. The standard InChI is InChI=1S/C13H26O/c1-12(2,3)10-7-8-14-9-11(10)13(4,5)6/h10-11H,7-9H2,1-6H3/t10?,11-/m0/s1. The fourth-order valence-electron chi connectivity index (χ4n) is 2.63. The van der Waals surface area contributed by atoms with Crippen molar-refractivity contribution in [2.45, 2.75) is 48.0 Å². The lowest BCUT2D eigenvalue weighted by molar-refractivity contribution is -0.0656. The first-order valence-electron chi connectivity index (χ1n) is 5.80. The van der Waals surface area contributed by atoms with E-state index in [-0.39, 0.29) is 0 Å². The summed E-state index contributed by atoms with van der Waals surface area (Å²) in [6.07, 6.45) is 1.23. The summed E-state index contributed by atoms with van der Waals surface area (Å²) in [5, 5.41) is 0. The molecule has 1 fully saturated rings. The van der Waals surface area contributed by atoms with E-state index in [2.05, 4.69) is 41.5 Å². The van der Waals surface area contributed by atoms with E-state index in [9.17, 15) is 0 Å². The van der Waals surface area contributed by atoms with Gasteiger partial charge in [-0.3, -0.25) is 0 Å². The van der Waals surface area contributed by atoms with Gasteiger partial charge in [0.15, 0.2) is 0 Å². The van der Waals surface area contributed by atoms with Crippen LogP contribution in [0, 0.1) is 22.7 Å². The second kappa shape index (κ2) is 3.84. The van der Waals surface area contributed by atoms with Gasteiger partial charge in [-0.25, -0.2) is 0 Å². The Bertz CT molecular complexity index is 160. The zero-order chi connectivity index (χ0) is 11.0. The van der Waals surface area contributed by atoms with E-state index in [4.69, 9.17) is 4.74 Å². The average Bonchev–Trinajstić information content (AvgIpc) is 2.01. The Hall–Kier alpha value is -0.0400. The summed E-state index contributed by atoms with van der Waals surface area (Å²) in [6.45, 7) is 16.0. The quantitative estimate of drug-likeness (QED) is 0.576. The minimum Gasteiger partial charge on any atom is -0.381 e. The van der Waals surface area contributed by atoms with E-state index in [0.29, 0.717) is 16.7 Å². The molecule has 0 aromatic rings. The van der Waals surface area contributed by atoms with Gasteiger partial charge in [0.2, 0.25) is 0 Å². The number of ether oxygens (including phenoxy) is 1. The highest BCUT2D eigenvalue weighted by Crippen LogP contribution is 2.45. The summed E-state index contributed by atoms with van der Waals surface area (Å²) >= 11 is 0. The average molecular weight is 198 g/mol. The third kappa shape index (κ3) is 2.73. The molecule has 1 aliphatic rings. The summed E-state index contributed by atoms with van der Waals surface area (Å²) in [5.74, 6) is 1.51. The van der Waals surface area contributed by atoms with Crippen LogP contribution in [0.4, 0.5) is 0 Å². The first-order chi connectivity index (χ1) is 6.23. The molecule has 1 unspecified atom stereocenters. The van der Waals surface area contributed by atoms with E-state index in [1.165, 1.54) is 6.42 Å². The topological polar surface area (TPSA) is 9.23 Å². The molecule has 1 aliphatic heterocycles. The second-order valence-corrected chi connectivity index (χ2v) is 6.81. The molecule has 2 atom stereocenters. The lowest BCUT2D eigenvalue weighted by Gasteiger charge is -2.46. The van der Waals surface area contributed by atoms with Crippen LogP contribution in [-0.4, -0.2) is 13.2 Å². The van der Waals surface area contributed by atoms with Gasteiger partial charge < -0.3 is 4.74 Å². The molecule has 0 saturated carbocycles. The Morgan fingerprint density at radius 1 is 0.857 bits per heavy atom. The van der Waals surface area contributed by atoms with Gasteiger partial charge in [0.25, 0.3) is 0 Å². The van der Waals surface area contributed by atoms with Crippen LogP contribution in [0.15, 0.2) is 0 Å². The molecular weight excluding hydrogens is 172 g/mol. The Labute approximate surface area is 89.2 Å². The van der Waals surface area contributed by atoms with Crippen molar-refractivity contribution < 1.29 is 4.74 Å². The molecule has 1 saturated heterocycles. The van der Waals surface area contributed by atoms with E-state index in [1.807, 2.05) is 0 Å². The minimum absolute atomic E-state index is 0.373. The molecule has 0 amide bonds. The molecular formula is C13H26O. The highest BCUT2D eigenvalue weighted by molar-refractivity contribution is 4.88. The Balaban J connectivity index is 2.80. The molecule has 0 bridgehead atoms. The Morgan fingerprint density at radius 2 is 1.36 bits per heavy atom. The van der Waals surface area contributed by atoms with Crippen LogP contribution in [0.25, 0.3) is 0 Å². The normalized spacial score (nSPS) is 30.4. The van der Waals surface area contributed by atoms with Crippen LogP contribution in [0.5, 0.6) is 0 Å². The Morgan fingerprint density at radius 3 is 1.71 bits per heavy atom. The highest BCUT2D eigenvalue weighted by atomic mass is 16.5. The molecule has 0 aromatic carbocycles. The van der Waals surface area contributed by atoms with Crippen molar-refractivity contribution >= 4 is 0 Å². The van der Waals surface area contributed by atoms with Crippen molar-refractivity contribution in [2.75, 3.05) is 13.2 Å². The van der Waals surface area contributed by atoms with Crippen molar-refractivity contribution in [3.8, 4) is 0 Å². The maximum Gasteiger partial charge on any atom is 0.0502 e. The van der Waals surface area contributed by atoms with Crippen LogP contribution in [0.3, 0.4) is 0 Å². The molecule has 0 aliphatic carbocycles. The van der Waals surface area contributed by atoms with Crippen LogP contribution in [0.2, 0.25) is 0 Å².